The molecule has 0 unspecified atom stereocenters. The van der Waals surface area contributed by atoms with Gasteiger partial charge in [-0.25, -0.2) is 0 Å². The van der Waals surface area contributed by atoms with Crippen LogP contribution in [0.25, 0.3) is 0 Å². The van der Waals surface area contributed by atoms with Crippen molar-refractivity contribution in [3.63, 3.8) is 0 Å². The minimum Gasteiger partial charge on any atom is -0.465 e. The zero-order chi connectivity index (χ0) is 12.9. The van der Waals surface area contributed by atoms with E-state index in [4.69, 9.17) is 9.47 Å². The Morgan fingerprint density at radius 2 is 1.62 bits per heavy atom. The number of hydrogen-bond acceptors (Lipinski definition) is 4. The van der Waals surface area contributed by atoms with Gasteiger partial charge < -0.3 is 9.47 Å². The summed E-state index contributed by atoms with van der Waals surface area (Å²) in [6, 6.07) is 0. The number of esters is 2. The SMILES string of the molecule is CC(=O)OCC(C)(C)[C@@H](OC(C)=O)C(C)C. The third-order valence-electron chi connectivity index (χ3n) is 2.32. The number of ether oxygens (including phenoxy) is 2. The lowest BCUT2D eigenvalue weighted by molar-refractivity contribution is -0.162. The molecule has 0 heterocycles. The molecule has 16 heavy (non-hydrogen) atoms. The predicted octanol–water partition coefficient (Wildman–Crippen LogP) is 2.16. The fourth-order valence-corrected chi connectivity index (χ4v) is 1.75. The van der Waals surface area contributed by atoms with Crippen LogP contribution in [-0.4, -0.2) is 24.6 Å². The molecule has 0 aromatic rings. The van der Waals surface area contributed by atoms with Crippen molar-refractivity contribution >= 4 is 11.9 Å². The summed E-state index contributed by atoms with van der Waals surface area (Å²) in [6.45, 7) is 10.8. The van der Waals surface area contributed by atoms with Gasteiger partial charge in [0, 0.05) is 19.3 Å². The lowest BCUT2D eigenvalue weighted by Crippen LogP contribution is -2.41. The van der Waals surface area contributed by atoms with E-state index < -0.39 is 0 Å². The van der Waals surface area contributed by atoms with E-state index in [1.807, 2.05) is 27.7 Å². The molecule has 0 saturated carbocycles. The summed E-state index contributed by atoms with van der Waals surface area (Å²) in [5.74, 6) is -0.456. The molecule has 0 aliphatic rings. The van der Waals surface area contributed by atoms with Crippen molar-refractivity contribution in [3.8, 4) is 0 Å². The van der Waals surface area contributed by atoms with E-state index in [-0.39, 0.29) is 36.0 Å². The van der Waals surface area contributed by atoms with Crippen molar-refractivity contribution < 1.29 is 19.1 Å². The molecule has 4 nitrogen and oxygen atoms in total. The van der Waals surface area contributed by atoms with E-state index in [2.05, 4.69) is 0 Å². The number of carbonyl (C=O) groups excluding carboxylic acids is 2. The number of carbonyl (C=O) groups is 2. The molecule has 0 aromatic carbocycles. The van der Waals surface area contributed by atoms with Crippen LogP contribution in [0.4, 0.5) is 0 Å². The summed E-state index contributed by atoms with van der Waals surface area (Å²) < 4.78 is 10.3. The van der Waals surface area contributed by atoms with Crippen LogP contribution in [0.2, 0.25) is 0 Å². The second-order valence-corrected chi connectivity index (χ2v) is 5.04. The van der Waals surface area contributed by atoms with Crippen LogP contribution in [0.3, 0.4) is 0 Å². The summed E-state index contributed by atoms with van der Waals surface area (Å²) in [5, 5.41) is 0. The molecule has 94 valence electrons. The van der Waals surface area contributed by atoms with Gasteiger partial charge in [-0.15, -0.1) is 0 Å². The molecular weight excluding hydrogens is 208 g/mol. The van der Waals surface area contributed by atoms with Crippen molar-refractivity contribution in [1.82, 2.24) is 0 Å². The molecule has 0 aromatic heterocycles. The van der Waals surface area contributed by atoms with Gasteiger partial charge in [0.2, 0.25) is 0 Å². The highest BCUT2D eigenvalue weighted by Gasteiger charge is 2.35. The molecule has 0 aliphatic carbocycles. The molecule has 0 aliphatic heterocycles. The van der Waals surface area contributed by atoms with Crippen molar-refractivity contribution in [2.75, 3.05) is 6.61 Å². The summed E-state index contributed by atoms with van der Waals surface area (Å²) in [7, 11) is 0. The average Bonchev–Trinajstić information content (AvgIpc) is 2.10. The van der Waals surface area contributed by atoms with Gasteiger partial charge >= 0.3 is 11.9 Å². The van der Waals surface area contributed by atoms with Crippen molar-refractivity contribution in [3.05, 3.63) is 0 Å². The maximum atomic E-state index is 11.0. The van der Waals surface area contributed by atoms with Gasteiger partial charge in [0.25, 0.3) is 0 Å². The zero-order valence-electron chi connectivity index (χ0n) is 11.0. The Morgan fingerprint density at radius 3 is 1.94 bits per heavy atom. The van der Waals surface area contributed by atoms with Gasteiger partial charge in [-0.2, -0.15) is 0 Å². The minimum absolute atomic E-state index is 0.175. The molecular formula is C12H22O4. The Balaban J connectivity index is 4.61. The lowest BCUT2D eigenvalue weighted by Gasteiger charge is -2.35. The van der Waals surface area contributed by atoms with Crippen LogP contribution in [0.5, 0.6) is 0 Å². The first-order valence-corrected chi connectivity index (χ1v) is 5.47. The van der Waals surface area contributed by atoms with E-state index in [0.29, 0.717) is 0 Å². The Bertz CT molecular complexity index is 256. The summed E-state index contributed by atoms with van der Waals surface area (Å²) in [6.07, 6.45) is -0.260. The highest BCUT2D eigenvalue weighted by atomic mass is 16.6. The van der Waals surface area contributed by atoms with E-state index in [9.17, 15) is 9.59 Å². The second-order valence-electron chi connectivity index (χ2n) is 5.04. The topological polar surface area (TPSA) is 52.6 Å². The van der Waals surface area contributed by atoms with Crippen LogP contribution in [0.15, 0.2) is 0 Å². The van der Waals surface area contributed by atoms with Gasteiger partial charge in [0.1, 0.15) is 6.10 Å². The Kier molecular flexibility index (Phi) is 5.48. The van der Waals surface area contributed by atoms with Crippen molar-refractivity contribution in [2.45, 2.75) is 47.6 Å². The molecule has 0 amide bonds. The molecule has 0 rings (SSSR count). The molecule has 4 heteroatoms. The lowest BCUT2D eigenvalue weighted by atomic mass is 9.81. The summed E-state index contributed by atoms with van der Waals surface area (Å²) in [5.41, 5.74) is -0.383. The fourth-order valence-electron chi connectivity index (χ4n) is 1.75. The van der Waals surface area contributed by atoms with Crippen LogP contribution >= 0.6 is 0 Å². The Morgan fingerprint density at radius 1 is 1.12 bits per heavy atom. The average molecular weight is 230 g/mol. The van der Waals surface area contributed by atoms with Crippen LogP contribution < -0.4 is 0 Å². The first-order chi connectivity index (χ1) is 7.16. The normalized spacial score (nSPS) is 13.4. The molecule has 0 saturated heterocycles. The Hall–Kier alpha value is -1.06. The van der Waals surface area contributed by atoms with E-state index in [1.54, 1.807) is 0 Å². The third kappa shape index (κ3) is 5.14. The third-order valence-corrected chi connectivity index (χ3v) is 2.32. The molecule has 0 bridgehead atoms. The van der Waals surface area contributed by atoms with Crippen LogP contribution in [0.1, 0.15) is 41.5 Å². The van der Waals surface area contributed by atoms with Crippen molar-refractivity contribution in [1.29, 1.82) is 0 Å². The standard InChI is InChI=1S/C12H22O4/c1-8(2)11(16-10(4)14)12(5,6)7-15-9(3)13/h8,11H,7H2,1-6H3/t11-/m0/s1. The fraction of sp³-hybridized carbons (Fsp3) is 0.833. The monoisotopic (exact) mass is 230 g/mol. The highest BCUT2D eigenvalue weighted by molar-refractivity contribution is 5.66. The van der Waals surface area contributed by atoms with Crippen LogP contribution in [-0.2, 0) is 19.1 Å². The largest absolute Gasteiger partial charge is 0.465 e. The molecule has 0 fully saturated rings. The summed E-state index contributed by atoms with van der Waals surface area (Å²) in [4.78, 5) is 21.8. The predicted molar refractivity (Wildman–Crippen MR) is 60.8 cm³/mol. The van der Waals surface area contributed by atoms with Gasteiger partial charge in [0.05, 0.1) is 6.61 Å². The van der Waals surface area contributed by atoms with E-state index in [0.717, 1.165) is 0 Å². The quantitative estimate of drug-likeness (QED) is 0.679. The van der Waals surface area contributed by atoms with Crippen molar-refractivity contribution in [2.24, 2.45) is 11.3 Å². The Labute approximate surface area is 97.3 Å². The van der Waals surface area contributed by atoms with E-state index >= 15 is 0 Å². The molecule has 0 spiro atoms. The smallest absolute Gasteiger partial charge is 0.302 e. The number of hydrogen-bond donors (Lipinski definition) is 0. The van der Waals surface area contributed by atoms with Crippen LogP contribution in [0, 0.1) is 11.3 Å². The van der Waals surface area contributed by atoms with Gasteiger partial charge in [-0.1, -0.05) is 27.7 Å². The minimum atomic E-state index is -0.383. The molecule has 0 radical (unpaired) electrons. The van der Waals surface area contributed by atoms with E-state index in [1.165, 1.54) is 13.8 Å². The number of rotatable bonds is 5. The maximum Gasteiger partial charge on any atom is 0.302 e. The maximum absolute atomic E-state index is 11.0. The zero-order valence-corrected chi connectivity index (χ0v) is 11.0. The second kappa shape index (κ2) is 5.87. The van der Waals surface area contributed by atoms with Gasteiger partial charge in [0.15, 0.2) is 0 Å². The highest BCUT2D eigenvalue weighted by Crippen LogP contribution is 2.29. The first kappa shape index (κ1) is 14.9. The van der Waals surface area contributed by atoms with Gasteiger partial charge in [-0.05, 0) is 5.92 Å². The molecule has 0 N–H and O–H groups in total. The first-order valence-electron chi connectivity index (χ1n) is 5.47. The van der Waals surface area contributed by atoms with Gasteiger partial charge in [-0.3, -0.25) is 9.59 Å². The molecule has 1 atom stereocenters. The summed E-state index contributed by atoms with van der Waals surface area (Å²) >= 11 is 0.